The molecule has 24 nitrogen and oxygen atoms in total. The van der Waals surface area contributed by atoms with Crippen molar-refractivity contribution in [2.24, 2.45) is 0 Å². The van der Waals surface area contributed by atoms with E-state index in [0.717, 1.165) is 23.6 Å². The molecule has 0 radical (unpaired) electrons. The van der Waals surface area contributed by atoms with Gasteiger partial charge in [0.15, 0.2) is 0 Å². The molecule has 8 aromatic heterocycles. The number of anilines is 2. The van der Waals surface area contributed by atoms with Crippen molar-refractivity contribution in [3.8, 4) is 56.4 Å². The topological polar surface area (TPSA) is 305 Å². The van der Waals surface area contributed by atoms with Crippen LogP contribution in [0.2, 0.25) is 0 Å². The average Bonchev–Trinajstić information content (AvgIpc) is 1.59. The van der Waals surface area contributed by atoms with Crippen LogP contribution < -0.4 is 10.6 Å². The lowest BCUT2D eigenvalue weighted by Crippen LogP contribution is -2.52. The smallest absolute Gasteiger partial charge is 0.419 e. The summed E-state index contributed by atoms with van der Waals surface area (Å²) in [5, 5.41) is 36.2. The molecular formula is C66H62F6N14O10S2. The quantitative estimate of drug-likeness (QED) is 0.0826. The van der Waals surface area contributed by atoms with Gasteiger partial charge in [-0.05, 0) is 102 Å². The number of aliphatic hydroxyl groups excluding tert-OH is 2. The number of nitrogens with zero attached hydrogens (tertiary/aromatic N) is 12. The first-order valence-corrected chi connectivity index (χ1v) is 31.5. The molecule has 2 aliphatic rings. The van der Waals surface area contributed by atoms with E-state index in [9.17, 15) is 41.4 Å². The maximum absolute atomic E-state index is 14.5. The summed E-state index contributed by atoms with van der Waals surface area (Å²) in [5.74, 6) is -0.0384. The van der Waals surface area contributed by atoms with E-state index in [1.807, 2.05) is 91.0 Å². The Morgan fingerprint density at radius 2 is 0.990 bits per heavy atom. The van der Waals surface area contributed by atoms with Crippen molar-refractivity contribution in [1.29, 1.82) is 0 Å². The van der Waals surface area contributed by atoms with Crippen molar-refractivity contribution in [1.82, 2.24) is 59.2 Å². The molecule has 2 fully saturated rings. The molecule has 32 heteroatoms. The molecule has 4 atom stereocenters. The third-order valence-corrected chi connectivity index (χ3v) is 15.6. The number of aliphatic hydroxyl groups is 2. The van der Waals surface area contributed by atoms with Crippen LogP contribution in [0.5, 0.6) is 0 Å². The average molecular weight is 1390 g/mol. The van der Waals surface area contributed by atoms with Gasteiger partial charge in [-0.15, -0.1) is 0 Å². The maximum atomic E-state index is 14.5. The van der Waals surface area contributed by atoms with Crippen LogP contribution >= 0.6 is 0 Å². The largest absolute Gasteiger partial charge is 0.444 e. The SMILES string of the molecule is Cc1nocc1-c1ccc2c(-c3nc(N[C@H]4C[C@@H](O)CN(C(=O)OC(C)(C)C)C4)ncc3C(F)(F)F)cn(-c3ccccc3)c2n1.Cc1nocc1-c1ccc2c(-c3nc(N[C@H]4C[C@@H](O)CN(Cc5ccccc5)C4)ncc3C(F)(F)F)cn(-c3ccccc3)c2n1.O=S=O.O=S=O. The highest BCUT2D eigenvalue weighted by molar-refractivity contribution is 7.52. The summed E-state index contributed by atoms with van der Waals surface area (Å²) in [6, 6.07) is 34.4. The number of carbonyl (C=O) groups excluding carboxylic acids is 1. The normalized spacial score (nSPS) is 16.6. The number of carbonyl (C=O) groups is 1. The van der Waals surface area contributed by atoms with Gasteiger partial charge in [0.05, 0.1) is 64.0 Å². The number of rotatable bonds is 12. The van der Waals surface area contributed by atoms with Crippen LogP contribution in [0.15, 0.2) is 162 Å². The van der Waals surface area contributed by atoms with Crippen LogP contribution in [0, 0.1) is 13.8 Å². The summed E-state index contributed by atoms with van der Waals surface area (Å²) >= 11 is -1.50. The molecule has 13 rings (SSSR count). The van der Waals surface area contributed by atoms with Gasteiger partial charge in [0.25, 0.3) is 0 Å². The number of alkyl halides is 6. The van der Waals surface area contributed by atoms with E-state index in [0.29, 0.717) is 87.7 Å². The fourth-order valence-corrected chi connectivity index (χ4v) is 11.5. The Kier molecular flexibility index (Phi) is 21.8. The molecule has 0 saturated carbocycles. The number of piperidine rings is 2. The van der Waals surface area contributed by atoms with Crippen molar-refractivity contribution >= 4 is 63.2 Å². The van der Waals surface area contributed by atoms with Crippen LogP contribution in [-0.4, -0.2) is 148 Å². The summed E-state index contributed by atoms with van der Waals surface area (Å²) in [6.45, 7) is 10.7. The summed E-state index contributed by atoms with van der Waals surface area (Å²) in [5.41, 5.74) is 4.20. The highest BCUT2D eigenvalue weighted by Crippen LogP contribution is 2.43. The van der Waals surface area contributed by atoms with Crippen LogP contribution in [0.4, 0.5) is 43.0 Å². The van der Waals surface area contributed by atoms with Crippen molar-refractivity contribution in [2.45, 2.75) is 96.3 Å². The third-order valence-electron chi connectivity index (χ3n) is 15.6. The van der Waals surface area contributed by atoms with Crippen molar-refractivity contribution < 1.29 is 72.0 Å². The predicted octanol–water partition coefficient (Wildman–Crippen LogP) is 11.4. The number of nitrogens with one attached hydrogen (secondary N) is 2. The highest BCUT2D eigenvalue weighted by atomic mass is 32.1. The second-order valence-electron chi connectivity index (χ2n) is 23.8. The number of aryl methyl sites for hydroxylation is 2. The number of halogens is 6. The zero-order valence-electron chi connectivity index (χ0n) is 52.8. The number of β-amino-alcohol motifs (C(OH)–C–C–N with tert-alkyl or cyclic N) is 2. The molecule has 2 saturated heterocycles. The van der Waals surface area contributed by atoms with Gasteiger partial charge in [-0.2, -0.15) is 43.2 Å². The minimum Gasteiger partial charge on any atom is -0.444 e. The molecule has 11 aromatic rings. The number of para-hydroxylation sites is 2. The van der Waals surface area contributed by atoms with E-state index in [4.69, 9.17) is 40.6 Å². The molecule has 3 aromatic carbocycles. The number of pyridine rings is 2. The summed E-state index contributed by atoms with van der Waals surface area (Å²) in [4.78, 5) is 42.7. The van der Waals surface area contributed by atoms with Gasteiger partial charge in [-0.1, -0.05) is 77.0 Å². The van der Waals surface area contributed by atoms with Gasteiger partial charge in [0.2, 0.25) is 11.9 Å². The molecule has 0 spiro atoms. The first-order chi connectivity index (χ1) is 46.8. The standard InChI is InChI=1S/C34H30F3N7O2.C32H32F3N7O4.2O2S/c1-21-28(20-46-42-21)30-13-12-26-27(19-44(32(26)40-30)24-10-6-3-7-11-24)31-29(34(35,36)37)15-38-33(41-31)39-23-14-25(45)18-43(17-23)16-22-8-4-2-5-9-22;1-18-24(17-45-40-18)26-11-10-22-23(16-42(28(22)38-26)20-8-6-5-7-9-20)27-25(32(33,34)35)13-36-29(39-27)37-19-12-21(43)15-41(14-19)30(44)46-31(2,3)4;2*1-3-2/h2-13,15,19-20,23,25,45H,14,16-18H2,1H3,(H,38,39,41);5-11,13,16-17,19,21,43H,12,14-15H2,1-4H3,(H,36,37,39);;/t23-,25+;19-,21+;;/m00../s1. The Morgan fingerprint density at radius 3 is 1.40 bits per heavy atom. The predicted molar refractivity (Wildman–Crippen MR) is 348 cm³/mol. The van der Waals surface area contributed by atoms with E-state index in [1.54, 1.807) is 80.4 Å². The number of hydrogen-bond donors (Lipinski definition) is 4. The molecular weight excluding hydrogens is 1330 g/mol. The number of likely N-dealkylation sites (tertiary alicyclic amines) is 2. The molecule has 2 aliphatic heterocycles. The van der Waals surface area contributed by atoms with Crippen LogP contribution in [0.3, 0.4) is 0 Å². The summed E-state index contributed by atoms with van der Waals surface area (Å²) < 4.78 is 139. The van der Waals surface area contributed by atoms with E-state index in [-0.39, 0.29) is 60.0 Å². The monoisotopic (exact) mass is 1390 g/mol. The number of aromatic nitrogens is 10. The summed E-state index contributed by atoms with van der Waals surface area (Å²) in [6.07, 6.45) is -3.21. The second-order valence-corrected chi connectivity index (χ2v) is 24.1. The Balaban J connectivity index is 0.000000197. The Hall–Kier alpha value is -10.4. The summed E-state index contributed by atoms with van der Waals surface area (Å²) in [7, 11) is 0. The Labute approximate surface area is 561 Å². The minimum atomic E-state index is -4.77. The maximum Gasteiger partial charge on any atom is 0.419 e. The molecule has 1 amide bonds. The number of hydrogen-bond acceptors (Lipinski definition) is 21. The van der Waals surface area contributed by atoms with Crippen LogP contribution in [-0.2, 0) is 46.8 Å². The first-order valence-electron chi connectivity index (χ1n) is 30.2. The van der Waals surface area contributed by atoms with E-state index < -0.39 is 76.6 Å². The van der Waals surface area contributed by atoms with E-state index in [1.165, 1.54) is 17.4 Å². The zero-order chi connectivity index (χ0) is 70.1. The Morgan fingerprint density at radius 1 is 0.571 bits per heavy atom. The van der Waals surface area contributed by atoms with Crippen molar-refractivity contribution in [3.05, 3.63) is 181 Å². The molecule has 0 bridgehead atoms. The van der Waals surface area contributed by atoms with Gasteiger partial charge in [0, 0.05) is 96.3 Å². The first kappa shape index (κ1) is 70.4. The molecule has 98 heavy (non-hydrogen) atoms. The fourth-order valence-electron chi connectivity index (χ4n) is 11.5. The van der Waals surface area contributed by atoms with Gasteiger partial charge >= 0.3 is 41.6 Å². The Bertz CT molecular complexity index is 4650. The van der Waals surface area contributed by atoms with Gasteiger partial charge < -0.3 is 48.7 Å². The lowest BCUT2D eigenvalue weighted by molar-refractivity contribution is -0.138. The highest BCUT2D eigenvalue weighted by Gasteiger charge is 2.39. The van der Waals surface area contributed by atoms with Crippen molar-refractivity contribution in [2.75, 3.05) is 36.8 Å². The van der Waals surface area contributed by atoms with E-state index >= 15 is 0 Å². The molecule has 0 unspecified atom stereocenters. The minimum absolute atomic E-state index is 0.0482. The molecule has 10 heterocycles. The lowest BCUT2D eigenvalue weighted by Gasteiger charge is -2.36. The van der Waals surface area contributed by atoms with Gasteiger partial charge in [-0.3, -0.25) is 4.90 Å². The van der Waals surface area contributed by atoms with Crippen LogP contribution in [0.25, 0.3) is 78.5 Å². The fraction of sp³-hybridized carbons (Fsp3) is 0.288. The zero-order valence-corrected chi connectivity index (χ0v) is 54.4. The molecule has 510 valence electrons. The van der Waals surface area contributed by atoms with Crippen LogP contribution in [0.1, 0.15) is 61.7 Å². The van der Waals surface area contributed by atoms with Crippen molar-refractivity contribution in [3.63, 3.8) is 0 Å². The number of ether oxygens (including phenoxy) is 1. The lowest BCUT2D eigenvalue weighted by atomic mass is 10.0. The molecule has 4 N–H and O–H groups in total. The number of amides is 1. The van der Waals surface area contributed by atoms with E-state index in [2.05, 4.69) is 45.8 Å². The number of fused-ring (bicyclic) bond motifs is 2. The third kappa shape index (κ3) is 16.9. The molecule has 0 aliphatic carbocycles. The second kappa shape index (κ2) is 30.3. The van der Waals surface area contributed by atoms with Gasteiger partial charge in [0.1, 0.15) is 40.5 Å². The number of benzene rings is 3. The van der Waals surface area contributed by atoms with Gasteiger partial charge in [-0.25, -0.2) is 34.7 Å².